The lowest BCUT2D eigenvalue weighted by atomic mass is 9.96. The lowest BCUT2D eigenvalue weighted by Crippen LogP contribution is -2.37. The number of carbonyl (C=O) groups excluding carboxylic acids is 1. The molecule has 0 saturated heterocycles. The zero-order valence-electron chi connectivity index (χ0n) is 9.55. The molecule has 0 spiro atoms. The van der Waals surface area contributed by atoms with Crippen LogP contribution in [0.2, 0.25) is 0 Å². The van der Waals surface area contributed by atoms with Crippen LogP contribution in [0.3, 0.4) is 0 Å². The molecule has 4 nitrogen and oxygen atoms in total. The number of nitrogens with one attached hydrogen (secondary N) is 1. The van der Waals surface area contributed by atoms with E-state index in [1.54, 1.807) is 19.9 Å². The third-order valence-electron chi connectivity index (χ3n) is 2.30. The Labute approximate surface area is 89.3 Å². The van der Waals surface area contributed by atoms with Crippen LogP contribution in [-0.2, 0) is 10.4 Å². The van der Waals surface area contributed by atoms with Gasteiger partial charge in [0.1, 0.15) is 17.1 Å². The smallest absolute Gasteiger partial charge is 0.216 e. The molecule has 0 aliphatic heterocycles. The zero-order chi connectivity index (χ0) is 11.6. The predicted octanol–water partition coefficient (Wildman–Crippen LogP) is 1.24. The first-order chi connectivity index (χ1) is 6.83. The average molecular weight is 211 g/mol. The summed E-state index contributed by atoms with van der Waals surface area (Å²) in [7, 11) is 0. The Morgan fingerprint density at radius 2 is 2.20 bits per heavy atom. The van der Waals surface area contributed by atoms with Crippen LogP contribution in [0.15, 0.2) is 10.5 Å². The van der Waals surface area contributed by atoms with Crippen molar-refractivity contribution in [3.63, 3.8) is 0 Å². The Bertz CT molecular complexity index is 366. The van der Waals surface area contributed by atoms with Crippen LogP contribution in [0.1, 0.15) is 30.9 Å². The summed E-state index contributed by atoms with van der Waals surface area (Å²) in [5, 5.41) is 12.7. The van der Waals surface area contributed by atoms with Crippen molar-refractivity contribution in [1.82, 2.24) is 5.32 Å². The minimum Gasteiger partial charge on any atom is -0.466 e. The highest BCUT2D eigenvalue weighted by Gasteiger charge is 2.27. The van der Waals surface area contributed by atoms with E-state index < -0.39 is 5.60 Å². The van der Waals surface area contributed by atoms with Gasteiger partial charge in [0.15, 0.2) is 0 Å². The molecular formula is C11H17NO3. The van der Waals surface area contributed by atoms with Gasteiger partial charge in [-0.1, -0.05) is 0 Å². The molecule has 15 heavy (non-hydrogen) atoms. The highest BCUT2D eigenvalue weighted by atomic mass is 16.3. The van der Waals surface area contributed by atoms with E-state index in [1.807, 2.05) is 6.92 Å². The Morgan fingerprint density at radius 3 is 2.60 bits per heavy atom. The van der Waals surface area contributed by atoms with Gasteiger partial charge in [0.2, 0.25) is 5.91 Å². The topological polar surface area (TPSA) is 62.5 Å². The molecule has 0 radical (unpaired) electrons. The van der Waals surface area contributed by atoms with Crippen LogP contribution >= 0.6 is 0 Å². The van der Waals surface area contributed by atoms with Gasteiger partial charge in [-0.25, -0.2) is 0 Å². The number of hydrogen-bond acceptors (Lipinski definition) is 3. The van der Waals surface area contributed by atoms with E-state index in [2.05, 4.69) is 5.32 Å². The van der Waals surface area contributed by atoms with Crippen molar-refractivity contribution in [2.75, 3.05) is 6.54 Å². The molecule has 4 heteroatoms. The molecule has 0 aliphatic carbocycles. The Hall–Kier alpha value is -1.29. The summed E-state index contributed by atoms with van der Waals surface area (Å²) in [5.74, 6) is 1.28. The third kappa shape index (κ3) is 2.83. The van der Waals surface area contributed by atoms with Crippen molar-refractivity contribution < 1.29 is 14.3 Å². The van der Waals surface area contributed by atoms with Gasteiger partial charge in [0.05, 0.1) is 6.54 Å². The number of rotatable bonds is 3. The van der Waals surface area contributed by atoms with Crippen LogP contribution in [0.5, 0.6) is 0 Å². The summed E-state index contributed by atoms with van der Waals surface area (Å²) in [6.07, 6.45) is 0. The molecule has 0 aromatic carbocycles. The molecule has 1 rings (SSSR count). The van der Waals surface area contributed by atoms with E-state index in [-0.39, 0.29) is 12.5 Å². The maximum atomic E-state index is 10.8. The summed E-state index contributed by atoms with van der Waals surface area (Å²) in [4.78, 5) is 10.8. The van der Waals surface area contributed by atoms with Crippen LogP contribution < -0.4 is 5.32 Å². The minimum atomic E-state index is -1.09. The lowest BCUT2D eigenvalue weighted by molar-refractivity contribution is -0.120. The fourth-order valence-electron chi connectivity index (χ4n) is 1.56. The van der Waals surface area contributed by atoms with E-state index in [0.717, 1.165) is 5.76 Å². The molecule has 1 heterocycles. The maximum absolute atomic E-state index is 10.8. The Kier molecular flexibility index (Phi) is 3.19. The predicted molar refractivity (Wildman–Crippen MR) is 56.4 cm³/mol. The fourth-order valence-corrected chi connectivity index (χ4v) is 1.56. The first-order valence-electron chi connectivity index (χ1n) is 4.87. The number of furan rings is 1. The van der Waals surface area contributed by atoms with Gasteiger partial charge in [0.25, 0.3) is 0 Å². The third-order valence-corrected chi connectivity index (χ3v) is 2.30. The second-order valence-electron chi connectivity index (χ2n) is 4.01. The van der Waals surface area contributed by atoms with Crippen molar-refractivity contribution in [2.45, 2.75) is 33.3 Å². The van der Waals surface area contributed by atoms with E-state index in [0.29, 0.717) is 11.3 Å². The molecule has 0 fully saturated rings. The van der Waals surface area contributed by atoms with E-state index in [9.17, 15) is 9.90 Å². The average Bonchev–Trinajstić information content (AvgIpc) is 2.43. The minimum absolute atomic E-state index is 0.159. The van der Waals surface area contributed by atoms with Crippen LogP contribution in [0.25, 0.3) is 0 Å². The molecule has 1 unspecified atom stereocenters. The van der Waals surface area contributed by atoms with Gasteiger partial charge in [-0.3, -0.25) is 4.79 Å². The van der Waals surface area contributed by atoms with Gasteiger partial charge < -0.3 is 14.8 Å². The first kappa shape index (κ1) is 11.8. The van der Waals surface area contributed by atoms with Crippen LogP contribution in [0.4, 0.5) is 0 Å². The van der Waals surface area contributed by atoms with E-state index >= 15 is 0 Å². The maximum Gasteiger partial charge on any atom is 0.216 e. The Morgan fingerprint density at radius 1 is 1.60 bits per heavy atom. The molecule has 84 valence electrons. The van der Waals surface area contributed by atoms with Crippen molar-refractivity contribution in [2.24, 2.45) is 0 Å². The number of amides is 1. The molecule has 1 aromatic heterocycles. The first-order valence-corrected chi connectivity index (χ1v) is 4.87. The number of hydrogen-bond donors (Lipinski definition) is 2. The Balaban J connectivity index is 2.85. The second-order valence-corrected chi connectivity index (χ2v) is 4.01. The summed E-state index contributed by atoms with van der Waals surface area (Å²) >= 11 is 0. The molecule has 0 saturated carbocycles. The molecule has 0 bridgehead atoms. The summed E-state index contributed by atoms with van der Waals surface area (Å²) < 4.78 is 5.33. The lowest BCUT2D eigenvalue weighted by Gasteiger charge is -2.22. The summed E-state index contributed by atoms with van der Waals surface area (Å²) in [6, 6.07) is 1.79. The number of aryl methyl sites for hydroxylation is 2. The van der Waals surface area contributed by atoms with Crippen LogP contribution in [-0.4, -0.2) is 17.6 Å². The normalized spacial score (nSPS) is 14.7. The zero-order valence-corrected chi connectivity index (χ0v) is 9.55. The largest absolute Gasteiger partial charge is 0.466 e. The van der Waals surface area contributed by atoms with Crippen molar-refractivity contribution in [3.8, 4) is 0 Å². The van der Waals surface area contributed by atoms with Crippen molar-refractivity contribution >= 4 is 5.91 Å². The number of carbonyl (C=O) groups is 1. The number of aliphatic hydroxyl groups is 1. The molecule has 1 amide bonds. The van der Waals surface area contributed by atoms with Gasteiger partial charge in [-0.05, 0) is 26.8 Å². The van der Waals surface area contributed by atoms with Crippen molar-refractivity contribution in [1.29, 1.82) is 0 Å². The van der Waals surface area contributed by atoms with Gasteiger partial charge in [0, 0.05) is 12.5 Å². The van der Waals surface area contributed by atoms with E-state index in [4.69, 9.17) is 4.42 Å². The SMILES string of the molecule is CC(=O)NCC(C)(O)c1cc(C)oc1C. The highest BCUT2D eigenvalue weighted by Crippen LogP contribution is 2.26. The summed E-state index contributed by atoms with van der Waals surface area (Å²) in [5.41, 5.74) is -0.373. The second kappa shape index (κ2) is 4.06. The standard InChI is InChI=1S/C11H17NO3/c1-7-5-10(8(2)15-7)11(4,14)6-12-9(3)13/h5,14H,6H2,1-4H3,(H,12,13). The molecule has 0 aliphatic rings. The van der Waals surface area contributed by atoms with Gasteiger partial charge in [-0.2, -0.15) is 0 Å². The monoisotopic (exact) mass is 211 g/mol. The van der Waals surface area contributed by atoms with E-state index in [1.165, 1.54) is 6.92 Å². The van der Waals surface area contributed by atoms with Gasteiger partial charge in [-0.15, -0.1) is 0 Å². The van der Waals surface area contributed by atoms with Crippen LogP contribution in [0, 0.1) is 13.8 Å². The van der Waals surface area contributed by atoms with Gasteiger partial charge >= 0.3 is 0 Å². The molecule has 2 N–H and O–H groups in total. The quantitative estimate of drug-likeness (QED) is 0.790. The van der Waals surface area contributed by atoms with Crippen molar-refractivity contribution in [3.05, 3.63) is 23.2 Å². The molecule has 1 aromatic rings. The molecular weight excluding hydrogens is 194 g/mol. The summed E-state index contributed by atoms with van der Waals surface area (Å²) in [6.45, 7) is 6.88. The highest BCUT2D eigenvalue weighted by molar-refractivity contribution is 5.72. The fraction of sp³-hybridized carbons (Fsp3) is 0.545. The molecule has 1 atom stereocenters.